The Morgan fingerprint density at radius 1 is 1.18 bits per heavy atom. The molecular formula is C12H20FN3O4S2. The van der Waals surface area contributed by atoms with E-state index in [1.54, 1.807) is 0 Å². The topological polar surface area (TPSA) is 118 Å². The van der Waals surface area contributed by atoms with Gasteiger partial charge in [0.2, 0.25) is 20.0 Å². The fraction of sp³-hybridized carbons (Fsp3) is 0.500. The van der Waals surface area contributed by atoms with Crippen molar-refractivity contribution >= 4 is 25.7 Å². The molecule has 0 fully saturated rings. The minimum atomic E-state index is -3.84. The first-order chi connectivity index (χ1) is 10.2. The van der Waals surface area contributed by atoms with E-state index in [0.29, 0.717) is 19.4 Å². The molecule has 0 spiro atoms. The van der Waals surface area contributed by atoms with Crippen LogP contribution < -0.4 is 15.2 Å². The Kier molecular flexibility index (Phi) is 6.72. The lowest BCUT2D eigenvalue weighted by atomic mass is 10.3. The van der Waals surface area contributed by atoms with Crippen LogP contribution >= 0.6 is 0 Å². The summed E-state index contributed by atoms with van der Waals surface area (Å²) in [5, 5.41) is 0. The van der Waals surface area contributed by atoms with Crippen LogP contribution in [0.3, 0.4) is 0 Å². The molecule has 1 rings (SSSR count). The largest absolute Gasteiger partial charge is 0.330 e. The maximum atomic E-state index is 13.9. The number of rotatable bonds is 9. The van der Waals surface area contributed by atoms with Crippen LogP contribution in [0.4, 0.5) is 10.1 Å². The third kappa shape index (κ3) is 5.52. The quantitative estimate of drug-likeness (QED) is 0.562. The molecule has 0 bridgehead atoms. The molecule has 0 aliphatic heterocycles. The van der Waals surface area contributed by atoms with Gasteiger partial charge in [0, 0.05) is 6.54 Å². The Bertz CT molecular complexity index is 705. The molecule has 0 aliphatic carbocycles. The van der Waals surface area contributed by atoms with E-state index in [0.717, 1.165) is 18.2 Å². The molecule has 1 aromatic rings. The second kappa shape index (κ2) is 7.86. The monoisotopic (exact) mass is 353 g/mol. The molecule has 0 amide bonds. The Morgan fingerprint density at radius 3 is 2.41 bits per heavy atom. The summed E-state index contributed by atoms with van der Waals surface area (Å²) >= 11 is 0. The van der Waals surface area contributed by atoms with Gasteiger partial charge in [-0.2, -0.15) is 0 Å². The molecule has 0 saturated heterocycles. The third-order valence-corrected chi connectivity index (χ3v) is 5.57. The maximum Gasteiger partial charge on any atom is 0.240 e. The number of unbranched alkanes of at least 4 members (excludes halogenated alkanes) is 1. The molecular weight excluding hydrogens is 333 g/mol. The Hall–Kier alpha value is -1.23. The van der Waals surface area contributed by atoms with Gasteiger partial charge in [0.25, 0.3) is 0 Å². The van der Waals surface area contributed by atoms with Gasteiger partial charge in [0.15, 0.2) is 0 Å². The van der Waals surface area contributed by atoms with Crippen molar-refractivity contribution in [1.29, 1.82) is 0 Å². The van der Waals surface area contributed by atoms with Crippen LogP contribution in [0.15, 0.2) is 23.1 Å². The maximum absolute atomic E-state index is 13.9. The zero-order chi connectivity index (χ0) is 16.8. The summed E-state index contributed by atoms with van der Waals surface area (Å²) in [5.41, 5.74) is 5.02. The molecule has 0 heterocycles. The van der Waals surface area contributed by atoms with Gasteiger partial charge in [0.05, 0.1) is 16.3 Å². The number of halogens is 1. The number of nitrogens with two attached hydrogens (primary N) is 1. The number of sulfonamides is 2. The molecule has 1 aromatic carbocycles. The lowest BCUT2D eigenvalue weighted by molar-refractivity contribution is 0.574. The first-order valence-electron chi connectivity index (χ1n) is 6.71. The van der Waals surface area contributed by atoms with E-state index in [9.17, 15) is 21.2 Å². The van der Waals surface area contributed by atoms with E-state index in [-0.39, 0.29) is 22.9 Å². The first-order valence-corrected chi connectivity index (χ1v) is 9.85. The van der Waals surface area contributed by atoms with Crippen molar-refractivity contribution in [3.63, 3.8) is 0 Å². The van der Waals surface area contributed by atoms with Gasteiger partial charge in [-0.25, -0.2) is 25.9 Å². The highest BCUT2D eigenvalue weighted by Crippen LogP contribution is 2.20. The van der Waals surface area contributed by atoms with Crippen LogP contribution in [0.2, 0.25) is 0 Å². The zero-order valence-corrected chi connectivity index (χ0v) is 13.8. The van der Waals surface area contributed by atoms with Gasteiger partial charge in [-0.15, -0.1) is 0 Å². The predicted octanol–water partition coefficient (Wildman–Crippen LogP) is 0.604. The van der Waals surface area contributed by atoms with E-state index in [1.165, 1.54) is 6.92 Å². The highest BCUT2D eigenvalue weighted by Gasteiger charge is 2.17. The van der Waals surface area contributed by atoms with Crippen molar-refractivity contribution in [2.45, 2.75) is 24.7 Å². The van der Waals surface area contributed by atoms with Crippen molar-refractivity contribution in [1.82, 2.24) is 4.72 Å². The van der Waals surface area contributed by atoms with Crippen molar-refractivity contribution in [3.05, 3.63) is 24.0 Å². The molecule has 0 atom stereocenters. The van der Waals surface area contributed by atoms with Gasteiger partial charge < -0.3 is 5.73 Å². The summed E-state index contributed by atoms with van der Waals surface area (Å²) in [6.07, 6.45) is 1.25. The molecule has 0 unspecified atom stereocenters. The van der Waals surface area contributed by atoms with Gasteiger partial charge in [-0.1, -0.05) is 0 Å². The predicted molar refractivity (Wildman–Crippen MR) is 83.0 cm³/mol. The first kappa shape index (κ1) is 18.8. The fourth-order valence-electron chi connectivity index (χ4n) is 1.54. The molecule has 7 nitrogen and oxygen atoms in total. The Balaban J connectivity index is 2.88. The minimum absolute atomic E-state index is 0.200. The van der Waals surface area contributed by atoms with E-state index in [2.05, 4.69) is 4.72 Å². The van der Waals surface area contributed by atoms with E-state index >= 15 is 0 Å². The highest BCUT2D eigenvalue weighted by atomic mass is 32.2. The van der Waals surface area contributed by atoms with Crippen LogP contribution in [0.5, 0.6) is 0 Å². The lowest BCUT2D eigenvalue weighted by Gasteiger charge is -2.10. The molecule has 0 aromatic heterocycles. The summed E-state index contributed by atoms with van der Waals surface area (Å²) in [6, 6.07) is 3.00. The Labute approximate surface area is 130 Å². The molecule has 22 heavy (non-hydrogen) atoms. The number of benzene rings is 1. The zero-order valence-electron chi connectivity index (χ0n) is 12.2. The van der Waals surface area contributed by atoms with Gasteiger partial charge >= 0.3 is 0 Å². The Morgan fingerprint density at radius 2 is 1.86 bits per heavy atom. The van der Waals surface area contributed by atoms with Gasteiger partial charge in [0.1, 0.15) is 5.82 Å². The number of nitrogens with one attached hydrogen (secondary N) is 2. The van der Waals surface area contributed by atoms with Crippen LogP contribution in [0.1, 0.15) is 19.8 Å². The summed E-state index contributed by atoms with van der Waals surface area (Å²) in [4.78, 5) is -0.266. The van der Waals surface area contributed by atoms with Gasteiger partial charge in [-0.05, 0) is 44.5 Å². The fourth-order valence-corrected chi connectivity index (χ4v) is 3.28. The van der Waals surface area contributed by atoms with Crippen LogP contribution in [0.25, 0.3) is 0 Å². The van der Waals surface area contributed by atoms with E-state index in [1.807, 2.05) is 4.72 Å². The van der Waals surface area contributed by atoms with Crippen LogP contribution in [0, 0.1) is 5.82 Å². The standard InChI is InChI=1S/C12H20FN3O4S2/c1-2-21(17,18)16-12-6-5-10(9-11(12)13)22(19,20)15-8-4-3-7-14/h5-6,9,15-16H,2-4,7-8,14H2,1H3. The number of hydrogen-bond acceptors (Lipinski definition) is 5. The van der Waals surface area contributed by atoms with Crippen molar-refractivity contribution in [2.24, 2.45) is 5.73 Å². The summed E-state index contributed by atoms with van der Waals surface area (Å²) in [7, 11) is -7.47. The number of hydrogen-bond donors (Lipinski definition) is 3. The average Bonchev–Trinajstić information content (AvgIpc) is 2.45. The second-order valence-corrected chi connectivity index (χ2v) is 8.32. The summed E-state index contributed by atoms with van der Waals surface area (Å²) in [6.45, 7) is 2.07. The average molecular weight is 353 g/mol. The summed E-state index contributed by atoms with van der Waals surface area (Å²) in [5.74, 6) is -1.17. The number of anilines is 1. The SMILES string of the molecule is CCS(=O)(=O)Nc1ccc(S(=O)(=O)NCCCCN)cc1F. The smallest absolute Gasteiger partial charge is 0.240 e. The molecule has 4 N–H and O–H groups in total. The summed E-state index contributed by atoms with van der Waals surface area (Å²) < 4.78 is 64.9. The molecule has 10 heteroatoms. The normalized spacial score (nSPS) is 12.3. The molecule has 0 aliphatic rings. The lowest BCUT2D eigenvalue weighted by Crippen LogP contribution is -2.25. The minimum Gasteiger partial charge on any atom is -0.330 e. The van der Waals surface area contributed by atoms with Crippen LogP contribution in [-0.4, -0.2) is 35.7 Å². The van der Waals surface area contributed by atoms with Crippen molar-refractivity contribution in [3.8, 4) is 0 Å². The van der Waals surface area contributed by atoms with Crippen molar-refractivity contribution in [2.75, 3.05) is 23.6 Å². The van der Waals surface area contributed by atoms with Crippen molar-refractivity contribution < 1.29 is 21.2 Å². The van der Waals surface area contributed by atoms with E-state index in [4.69, 9.17) is 5.73 Å². The van der Waals surface area contributed by atoms with Gasteiger partial charge in [-0.3, -0.25) is 4.72 Å². The molecule has 0 saturated carbocycles. The van der Waals surface area contributed by atoms with Crippen LogP contribution in [-0.2, 0) is 20.0 Å². The second-order valence-electron chi connectivity index (χ2n) is 4.54. The van der Waals surface area contributed by atoms with E-state index < -0.39 is 25.9 Å². The molecule has 126 valence electrons. The highest BCUT2D eigenvalue weighted by molar-refractivity contribution is 7.92. The third-order valence-electron chi connectivity index (χ3n) is 2.82. The molecule has 0 radical (unpaired) electrons.